The molecule has 0 bridgehead atoms. The number of likely N-dealkylation sites (tertiary alicyclic amines) is 1. The van der Waals surface area contributed by atoms with Gasteiger partial charge in [-0.3, -0.25) is 9.59 Å². The second-order valence-electron chi connectivity index (χ2n) is 13.8. The lowest BCUT2D eigenvalue weighted by atomic mass is 9.91. The standard InChI is InChI=1S/C34H46N6O6S/c1-20(2)29(27-17-28(37-46-27)38-12-14-39(15-13-38)33(44)45-34(5,6)7)32(43)40-18-25(41)16-26(40)31(42)36-21(3)23-8-10-24(11-9-23)30-22(4)35-19-47-30/h8-11,17,19-21,25-26,29,41H,12-16,18H2,1-7H3,(H,36,42)/t21-,25+,26-,29-/m0/s1. The van der Waals surface area contributed by atoms with E-state index in [1.54, 1.807) is 22.3 Å². The molecule has 1 aromatic carbocycles. The topological polar surface area (TPSA) is 141 Å². The Labute approximate surface area is 280 Å². The summed E-state index contributed by atoms with van der Waals surface area (Å²) >= 11 is 1.59. The molecule has 47 heavy (non-hydrogen) atoms. The number of hydrogen-bond donors (Lipinski definition) is 2. The van der Waals surface area contributed by atoms with Crippen LogP contribution in [0, 0.1) is 12.8 Å². The molecular formula is C34H46N6O6S. The van der Waals surface area contributed by atoms with E-state index in [0.717, 1.165) is 21.7 Å². The molecule has 0 radical (unpaired) electrons. The third kappa shape index (κ3) is 7.95. The summed E-state index contributed by atoms with van der Waals surface area (Å²) in [7, 11) is 0. The van der Waals surface area contributed by atoms with Gasteiger partial charge >= 0.3 is 6.09 Å². The third-order valence-corrected chi connectivity index (χ3v) is 9.63. The SMILES string of the molecule is Cc1ncsc1-c1ccc([C@H](C)NC(=O)[C@@H]2C[C@@H](O)CN2C(=O)[C@H](c2cc(N3CCN(C(=O)OC(C)(C)C)CC3)no2)C(C)C)cc1. The lowest BCUT2D eigenvalue weighted by molar-refractivity contribution is -0.141. The molecule has 254 valence electrons. The van der Waals surface area contributed by atoms with E-state index < -0.39 is 23.7 Å². The Morgan fingerprint density at radius 3 is 2.36 bits per heavy atom. The summed E-state index contributed by atoms with van der Waals surface area (Å²) in [6.07, 6.45) is -1.00. The molecule has 4 atom stereocenters. The van der Waals surface area contributed by atoms with Gasteiger partial charge in [0.15, 0.2) is 11.6 Å². The number of anilines is 1. The van der Waals surface area contributed by atoms with Gasteiger partial charge in [-0.25, -0.2) is 9.78 Å². The molecule has 3 amide bonds. The van der Waals surface area contributed by atoms with E-state index in [0.29, 0.717) is 37.8 Å². The molecule has 13 heteroatoms. The zero-order valence-corrected chi connectivity index (χ0v) is 29.0. The van der Waals surface area contributed by atoms with Crippen LogP contribution in [0.15, 0.2) is 40.4 Å². The maximum Gasteiger partial charge on any atom is 0.410 e. The van der Waals surface area contributed by atoms with Crippen molar-refractivity contribution < 1.29 is 28.8 Å². The normalized spacial score (nSPS) is 20.0. The van der Waals surface area contributed by atoms with Crippen molar-refractivity contribution in [2.24, 2.45) is 5.92 Å². The molecule has 2 aliphatic rings. The highest BCUT2D eigenvalue weighted by atomic mass is 32.1. The number of carbonyl (C=O) groups excluding carboxylic acids is 3. The predicted molar refractivity (Wildman–Crippen MR) is 179 cm³/mol. The molecular weight excluding hydrogens is 620 g/mol. The van der Waals surface area contributed by atoms with Crippen molar-refractivity contribution in [2.45, 2.75) is 84.6 Å². The van der Waals surface area contributed by atoms with Crippen LogP contribution in [0.4, 0.5) is 10.6 Å². The van der Waals surface area contributed by atoms with E-state index in [2.05, 4.69) is 15.5 Å². The zero-order chi connectivity index (χ0) is 34.0. The first kappa shape index (κ1) is 34.4. The molecule has 4 heterocycles. The second kappa shape index (κ2) is 14.0. The number of carbonyl (C=O) groups is 3. The van der Waals surface area contributed by atoms with E-state index >= 15 is 0 Å². The van der Waals surface area contributed by atoms with Gasteiger partial charge in [0.2, 0.25) is 11.8 Å². The van der Waals surface area contributed by atoms with Crippen molar-refractivity contribution >= 4 is 35.1 Å². The lowest BCUT2D eigenvalue weighted by Gasteiger charge is -2.35. The Balaban J connectivity index is 1.23. The third-order valence-electron chi connectivity index (χ3n) is 8.65. The Hall–Kier alpha value is -3.97. The quantitative estimate of drug-likeness (QED) is 0.349. The summed E-state index contributed by atoms with van der Waals surface area (Å²) in [6, 6.07) is 8.67. The highest BCUT2D eigenvalue weighted by molar-refractivity contribution is 7.13. The number of aliphatic hydroxyl groups is 1. The van der Waals surface area contributed by atoms with Gasteiger partial charge in [-0.1, -0.05) is 43.3 Å². The molecule has 2 saturated heterocycles. The van der Waals surface area contributed by atoms with Gasteiger partial charge in [-0.05, 0) is 51.7 Å². The smallest absolute Gasteiger partial charge is 0.410 e. The van der Waals surface area contributed by atoms with Gasteiger partial charge in [0.1, 0.15) is 17.6 Å². The van der Waals surface area contributed by atoms with Crippen LogP contribution in [0.25, 0.3) is 10.4 Å². The molecule has 0 spiro atoms. The maximum atomic E-state index is 14.1. The minimum Gasteiger partial charge on any atom is -0.444 e. The fraction of sp³-hybridized carbons (Fsp3) is 0.559. The van der Waals surface area contributed by atoms with Crippen molar-refractivity contribution in [1.29, 1.82) is 0 Å². The van der Waals surface area contributed by atoms with Crippen LogP contribution in [0.2, 0.25) is 0 Å². The minimum absolute atomic E-state index is 0.0606. The highest BCUT2D eigenvalue weighted by Crippen LogP contribution is 2.33. The van der Waals surface area contributed by atoms with Gasteiger partial charge in [-0.15, -0.1) is 11.3 Å². The highest BCUT2D eigenvalue weighted by Gasteiger charge is 2.43. The van der Waals surface area contributed by atoms with E-state index in [1.807, 2.05) is 83.1 Å². The fourth-order valence-electron chi connectivity index (χ4n) is 6.13. The van der Waals surface area contributed by atoms with Gasteiger partial charge in [0.05, 0.1) is 28.2 Å². The first-order valence-electron chi connectivity index (χ1n) is 16.2. The Morgan fingerprint density at radius 1 is 1.09 bits per heavy atom. The number of rotatable bonds is 8. The minimum atomic E-state index is -0.816. The monoisotopic (exact) mass is 666 g/mol. The van der Waals surface area contributed by atoms with Crippen molar-refractivity contribution in [3.63, 3.8) is 0 Å². The number of thiazole rings is 1. The van der Waals surface area contributed by atoms with Crippen LogP contribution >= 0.6 is 11.3 Å². The first-order valence-corrected chi connectivity index (χ1v) is 17.1. The average molecular weight is 667 g/mol. The number of nitrogens with one attached hydrogen (secondary N) is 1. The number of aromatic nitrogens is 2. The summed E-state index contributed by atoms with van der Waals surface area (Å²) in [4.78, 5) is 50.7. The largest absolute Gasteiger partial charge is 0.444 e. The lowest BCUT2D eigenvalue weighted by Crippen LogP contribution is -2.50. The van der Waals surface area contributed by atoms with Crippen molar-refractivity contribution in [2.75, 3.05) is 37.6 Å². The number of amides is 3. The first-order chi connectivity index (χ1) is 22.2. The Morgan fingerprint density at radius 2 is 1.77 bits per heavy atom. The van der Waals surface area contributed by atoms with Crippen LogP contribution in [-0.2, 0) is 14.3 Å². The average Bonchev–Trinajstić information content (AvgIpc) is 3.76. The molecule has 5 rings (SSSR count). The van der Waals surface area contributed by atoms with Gasteiger partial charge in [0.25, 0.3) is 0 Å². The van der Waals surface area contributed by atoms with Gasteiger partial charge in [0, 0.05) is 45.2 Å². The number of aryl methyl sites for hydroxylation is 1. The van der Waals surface area contributed by atoms with Gasteiger partial charge in [-0.2, -0.15) is 0 Å². The van der Waals surface area contributed by atoms with E-state index in [-0.39, 0.29) is 42.8 Å². The molecule has 2 aromatic heterocycles. The maximum absolute atomic E-state index is 14.1. The van der Waals surface area contributed by atoms with Crippen LogP contribution < -0.4 is 10.2 Å². The Bertz CT molecular complexity index is 1560. The number of aliphatic hydroxyl groups excluding tert-OH is 1. The summed E-state index contributed by atoms with van der Waals surface area (Å²) in [6.45, 7) is 15.3. The zero-order valence-electron chi connectivity index (χ0n) is 28.2. The number of ether oxygens (including phenoxy) is 1. The van der Waals surface area contributed by atoms with Crippen molar-refractivity contribution in [3.8, 4) is 10.4 Å². The van der Waals surface area contributed by atoms with Crippen LogP contribution in [0.3, 0.4) is 0 Å². The predicted octanol–water partition coefficient (Wildman–Crippen LogP) is 4.74. The summed E-state index contributed by atoms with van der Waals surface area (Å²) in [5, 5.41) is 17.9. The number of benzene rings is 1. The van der Waals surface area contributed by atoms with E-state index in [4.69, 9.17) is 9.26 Å². The number of nitrogens with zero attached hydrogens (tertiary/aromatic N) is 5. The molecule has 0 aliphatic carbocycles. The number of hydrogen-bond acceptors (Lipinski definition) is 10. The molecule has 3 aromatic rings. The van der Waals surface area contributed by atoms with Crippen molar-refractivity contribution in [3.05, 3.63) is 52.9 Å². The fourth-order valence-corrected chi connectivity index (χ4v) is 6.95. The molecule has 2 aliphatic heterocycles. The summed E-state index contributed by atoms with van der Waals surface area (Å²) in [5.74, 6) is -0.462. The number of β-amino-alcohol motifs (C(OH)–C–C–N with tert-alkyl or cyclic N) is 1. The van der Waals surface area contributed by atoms with Crippen LogP contribution in [0.1, 0.15) is 76.9 Å². The van der Waals surface area contributed by atoms with E-state index in [1.165, 1.54) is 4.90 Å². The molecule has 0 saturated carbocycles. The van der Waals surface area contributed by atoms with Crippen LogP contribution in [0.5, 0.6) is 0 Å². The molecule has 2 fully saturated rings. The van der Waals surface area contributed by atoms with Gasteiger partial charge < -0.3 is 34.4 Å². The molecule has 0 unspecified atom stereocenters. The second-order valence-corrected chi connectivity index (χ2v) is 14.6. The summed E-state index contributed by atoms with van der Waals surface area (Å²) in [5.41, 5.74) is 4.24. The number of piperazine rings is 1. The summed E-state index contributed by atoms with van der Waals surface area (Å²) < 4.78 is 11.2. The Kier molecular flexibility index (Phi) is 10.3. The van der Waals surface area contributed by atoms with E-state index in [9.17, 15) is 19.5 Å². The molecule has 2 N–H and O–H groups in total. The molecule has 12 nitrogen and oxygen atoms in total. The van der Waals surface area contributed by atoms with Crippen molar-refractivity contribution in [1.82, 2.24) is 25.3 Å². The van der Waals surface area contributed by atoms with Crippen LogP contribution in [-0.4, -0.2) is 93.4 Å².